The molecule has 1 fully saturated rings. The Labute approximate surface area is 92.5 Å². The van der Waals surface area contributed by atoms with Gasteiger partial charge in [-0.3, -0.25) is 9.69 Å². The first-order valence-corrected chi connectivity index (χ1v) is 6.12. The zero-order valence-electron chi connectivity index (χ0n) is 10.1. The summed E-state index contributed by atoms with van der Waals surface area (Å²) in [4.78, 5) is 13.5. The van der Waals surface area contributed by atoms with E-state index in [1.165, 1.54) is 0 Å². The largest absolute Gasteiger partial charge is 0.480 e. The Morgan fingerprint density at radius 1 is 1.47 bits per heavy atom. The van der Waals surface area contributed by atoms with Gasteiger partial charge in [-0.1, -0.05) is 20.3 Å². The van der Waals surface area contributed by atoms with Gasteiger partial charge in [0, 0.05) is 12.1 Å². The third-order valence-electron chi connectivity index (χ3n) is 3.53. The fourth-order valence-corrected chi connectivity index (χ4v) is 2.74. The van der Waals surface area contributed by atoms with Gasteiger partial charge in [0.15, 0.2) is 0 Å². The van der Waals surface area contributed by atoms with E-state index >= 15 is 0 Å². The third kappa shape index (κ3) is 2.71. The van der Waals surface area contributed by atoms with Crippen LogP contribution in [0.4, 0.5) is 0 Å². The van der Waals surface area contributed by atoms with Crippen molar-refractivity contribution in [3.8, 4) is 0 Å². The van der Waals surface area contributed by atoms with E-state index < -0.39 is 5.97 Å². The Balaban J connectivity index is 2.75. The number of hydrogen-bond donors (Lipinski definition) is 1. The summed E-state index contributed by atoms with van der Waals surface area (Å²) in [6.45, 7) is 6.36. The SMILES string of the molecule is CCCC(C(=O)O)N1C(C)CCC1CC. The molecule has 1 N–H and O–H groups in total. The zero-order valence-corrected chi connectivity index (χ0v) is 10.1. The highest BCUT2D eigenvalue weighted by Crippen LogP contribution is 2.29. The van der Waals surface area contributed by atoms with Crippen molar-refractivity contribution in [3.05, 3.63) is 0 Å². The van der Waals surface area contributed by atoms with Crippen molar-refractivity contribution in [1.29, 1.82) is 0 Å². The van der Waals surface area contributed by atoms with Crippen molar-refractivity contribution in [2.75, 3.05) is 0 Å². The maximum atomic E-state index is 11.2. The van der Waals surface area contributed by atoms with Gasteiger partial charge in [-0.05, 0) is 32.6 Å². The lowest BCUT2D eigenvalue weighted by Gasteiger charge is -2.33. The van der Waals surface area contributed by atoms with Crippen LogP contribution >= 0.6 is 0 Å². The summed E-state index contributed by atoms with van der Waals surface area (Å²) < 4.78 is 0. The van der Waals surface area contributed by atoms with E-state index in [0.717, 1.165) is 32.1 Å². The average Bonchev–Trinajstić information content (AvgIpc) is 2.55. The molecule has 0 aromatic heterocycles. The topological polar surface area (TPSA) is 40.5 Å². The fraction of sp³-hybridized carbons (Fsp3) is 0.917. The normalized spacial score (nSPS) is 29.3. The minimum absolute atomic E-state index is 0.266. The highest BCUT2D eigenvalue weighted by atomic mass is 16.4. The van der Waals surface area contributed by atoms with Crippen LogP contribution in [0.15, 0.2) is 0 Å². The lowest BCUT2D eigenvalue weighted by atomic mass is 10.1. The van der Waals surface area contributed by atoms with Gasteiger partial charge in [0.05, 0.1) is 0 Å². The summed E-state index contributed by atoms with van der Waals surface area (Å²) >= 11 is 0. The molecule has 0 spiro atoms. The minimum atomic E-state index is -0.649. The van der Waals surface area contributed by atoms with Crippen LogP contribution in [-0.2, 0) is 4.79 Å². The molecule has 0 aromatic carbocycles. The van der Waals surface area contributed by atoms with Crippen LogP contribution < -0.4 is 0 Å². The lowest BCUT2D eigenvalue weighted by Crippen LogP contribution is -2.47. The van der Waals surface area contributed by atoms with Crippen molar-refractivity contribution in [1.82, 2.24) is 4.90 Å². The van der Waals surface area contributed by atoms with Gasteiger partial charge < -0.3 is 5.11 Å². The van der Waals surface area contributed by atoms with Crippen LogP contribution in [0.5, 0.6) is 0 Å². The number of aliphatic carboxylic acids is 1. The molecule has 0 radical (unpaired) electrons. The van der Waals surface area contributed by atoms with E-state index in [4.69, 9.17) is 0 Å². The van der Waals surface area contributed by atoms with Gasteiger partial charge >= 0.3 is 5.97 Å². The predicted octanol–water partition coefficient (Wildman–Crippen LogP) is 2.50. The Morgan fingerprint density at radius 3 is 2.60 bits per heavy atom. The van der Waals surface area contributed by atoms with Crippen LogP contribution in [-0.4, -0.2) is 34.1 Å². The maximum Gasteiger partial charge on any atom is 0.320 e. The molecule has 88 valence electrons. The van der Waals surface area contributed by atoms with Crippen LogP contribution in [0.2, 0.25) is 0 Å². The van der Waals surface area contributed by atoms with Crippen molar-refractivity contribution in [2.24, 2.45) is 0 Å². The first-order chi connectivity index (χ1) is 7.11. The molecule has 0 aromatic rings. The van der Waals surface area contributed by atoms with E-state index in [2.05, 4.69) is 25.7 Å². The molecule has 1 aliphatic rings. The second-order valence-corrected chi connectivity index (χ2v) is 4.58. The predicted molar refractivity (Wildman–Crippen MR) is 60.9 cm³/mol. The summed E-state index contributed by atoms with van der Waals surface area (Å²) in [6.07, 6.45) is 5.09. The number of carboxylic acid groups (broad SMARTS) is 1. The lowest BCUT2D eigenvalue weighted by molar-refractivity contribution is -0.145. The summed E-state index contributed by atoms with van der Waals surface area (Å²) in [5.41, 5.74) is 0. The average molecular weight is 213 g/mol. The fourth-order valence-electron chi connectivity index (χ4n) is 2.74. The molecule has 15 heavy (non-hydrogen) atoms. The van der Waals surface area contributed by atoms with Gasteiger partial charge in [0.25, 0.3) is 0 Å². The Kier molecular flexibility index (Phi) is 4.58. The van der Waals surface area contributed by atoms with Crippen LogP contribution in [0.25, 0.3) is 0 Å². The quantitative estimate of drug-likeness (QED) is 0.762. The van der Waals surface area contributed by atoms with Crippen LogP contribution in [0.1, 0.15) is 52.9 Å². The second-order valence-electron chi connectivity index (χ2n) is 4.58. The van der Waals surface area contributed by atoms with Gasteiger partial charge in [0.2, 0.25) is 0 Å². The van der Waals surface area contributed by atoms with E-state index in [9.17, 15) is 9.90 Å². The maximum absolute atomic E-state index is 11.2. The smallest absolute Gasteiger partial charge is 0.320 e. The zero-order chi connectivity index (χ0) is 11.4. The molecule has 0 aliphatic carbocycles. The summed E-state index contributed by atoms with van der Waals surface area (Å²) in [5, 5.41) is 9.25. The minimum Gasteiger partial charge on any atom is -0.480 e. The van der Waals surface area contributed by atoms with Crippen molar-refractivity contribution < 1.29 is 9.90 Å². The Hall–Kier alpha value is -0.570. The van der Waals surface area contributed by atoms with Crippen molar-refractivity contribution >= 4 is 5.97 Å². The van der Waals surface area contributed by atoms with Crippen molar-refractivity contribution in [2.45, 2.75) is 71.0 Å². The molecular weight excluding hydrogens is 190 g/mol. The van der Waals surface area contributed by atoms with Gasteiger partial charge in [0.1, 0.15) is 6.04 Å². The van der Waals surface area contributed by atoms with Crippen LogP contribution in [0.3, 0.4) is 0 Å². The molecule has 1 saturated heterocycles. The van der Waals surface area contributed by atoms with E-state index in [1.807, 2.05) is 0 Å². The highest BCUT2D eigenvalue weighted by molar-refractivity contribution is 5.73. The molecule has 1 rings (SSSR count). The standard InChI is InChI=1S/C12H23NO2/c1-4-6-11(12(14)15)13-9(3)7-8-10(13)5-2/h9-11H,4-8H2,1-3H3,(H,14,15). The number of carboxylic acids is 1. The number of likely N-dealkylation sites (tertiary alicyclic amines) is 1. The third-order valence-corrected chi connectivity index (χ3v) is 3.53. The number of carbonyl (C=O) groups is 1. The van der Waals surface area contributed by atoms with Gasteiger partial charge in [-0.15, -0.1) is 0 Å². The van der Waals surface area contributed by atoms with Gasteiger partial charge in [-0.2, -0.15) is 0 Å². The van der Waals surface area contributed by atoms with Crippen LogP contribution in [0, 0.1) is 0 Å². The molecule has 3 heteroatoms. The number of nitrogens with zero attached hydrogens (tertiary/aromatic N) is 1. The molecular formula is C12H23NO2. The molecule has 3 nitrogen and oxygen atoms in total. The molecule has 0 amide bonds. The molecule has 3 unspecified atom stereocenters. The van der Waals surface area contributed by atoms with Gasteiger partial charge in [-0.25, -0.2) is 0 Å². The molecule has 0 bridgehead atoms. The molecule has 3 atom stereocenters. The summed E-state index contributed by atoms with van der Waals surface area (Å²) in [6, 6.07) is 0.646. The van der Waals surface area contributed by atoms with E-state index in [0.29, 0.717) is 12.1 Å². The highest BCUT2D eigenvalue weighted by Gasteiger charge is 2.37. The number of rotatable bonds is 5. The van der Waals surface area contributed by atoms with Crippen molar-refractivity contribution in [3.63, 3.8) is 0 Å². The molecule has 1 heterocycles. The number of hydrogen-bond acceptors (Lipinski definition) is 2. The molecule has 1 aliphatic heterocycles. The summed E-state index contributed by atoms with van der Waals surface area (Å²) in [5.74, 6) is -0.649. The molecule has 0 saturated carbocycles. The first kappa shape index (κ1) is 12.5. The second kappa shape index (κ2) is 5.50. The monoisotopic (exact) mass is 213 g/mol. The Morgan fingerprint density at radius 2 is 2.13 bits per heavy atom. The summed E-state index contributed by atoms with van der Waals surface area (Å²) in [7, 11) is 0. The van der Waals surface area contributed by atoms with E-state index in [-0.39, 0.29) is 6.04 Å². The van der Waals surface area contributed by atoms with E-state index in [1.54, 1.807) is 0 Å². The first-order valence-electron chi connectivity index (χ1n) is 6.12. The Bertz CT molecular complexity index is 218.